The highest BCUT2D eigenvalue weighted by Crippen LogP contribution is 2.40. The molecule has 0 spiro atoms. The number of para-hydroxylation sites is 1. The fourth-order valence-electron chi connectivity index (χ4n) is 4.76. The quantitative estimate of drug-likeness (QED) is 0.676. The lowest BCUT2D eigenvalue weighted by molar-refractivity contribution is -0.137. The highest BCUT2D eigenvalue weighted by molar-refractivity contribution is 8.01. The number of hydrogen-bond donors (Lipinski definition) is 0. The average Bonchev–Trinajstić information content (AvgIpc) is 2.85. The first-order valence-corrected chi connectivity index (χ1v) is 12.2. The summed E-state index contributed by atoms with van der Waals surface area (Å²) in [5, 5.41) is -0.821. The summed E-state index contributed by atoms with van der Waals surface area (Å²) >= 11 is 1.32. The van der Waals surface area contributed by atoms with E-state index < -0.39 is 5.25 Å². The van der Waals surface area contributed by atoms with Crippen LogP contribution in [0.4, 0.5) is 5.69 Å². The van der Waals surface area contributed by atoms with Crippen LogP contribution < -0.4 is 4.90 Å². The van der Waals surface area contributed by atoms with Crippen molar-refractivity contribution in [2.24, 2.45) is 0 Å². The summed E-state index contributed by atoms with van der Waals surface area (Å²) < 4.78 is 0. The molecule has 1 atom stereocenters. The van der Waals surface area contributed by atoms with E-state index in [4.69, 9.17) is 0 Å². The number of anilines is 1. The number of piperidine rings is 1. The number of likely N-dealkylation sites (tertiary alicyclic amines) is 1. The van der Waals surface area contributed by atoms with Crippen LogP contribution in [0.1, 0.15) is 30.4 Å². The fourth-order valence-corrected chi connectivity index (χ4v) is 5.95. The summed E-state index contributed by atoms with van der Waals surface area (Å²) in [5.41, 5.74) is 3.15. The van der Waals surface area contributed by atoms with Crippen LogP contribution in [-0.2, 0) is 27.3 Å². The second-order valence-electron chi connectivity index (χ2n) is 8.61. The predicted octanol–water partition coefficient (Wildman–Crippen LogP) is 3.09. The Morgan fingerprint density at radius 2 is 1.59 bits per heavy atom. The zero-order valence-corrected chi connectivity index (χ0v) is 18.9. The molecular formula is C25H27N3O3S. The molecule has 1 unspecified atom stereocenters. The molecule has 3 aliphatic rings. The van der Waals surface area contributed by atoms with Gasteiger partial charge in [0.15, 0.2) is 5.25 Å². The largest absolute Gasteiger partial charge is 0.341 e. The van der Waals surface area contributed by atoms with Gasteiger partial charge in [0.25, 0.3) is 5.91 Å². The normalized spacial score (nSPS) is 20.6. The minimum Gasteiger partial charge on any atom is -0.341 e. The molecule has 0 N–H and O–H groups in total. The maximum atomic E-state index is 13.5. The van der Waals surface area contributed by atoms with Crippen LogP contribution in [0, 0.1) is 0 Å². The molecule has 1 saturated heterocycles. The molecule has 5 rings (SSSR count). The van der Waals surface area contributed by atoms with Crippen molar-refractivity contribution in [3.8, 4) is 0 Å². The molecule has 3 heterocycles. The molecule has 166 valence electrons. The smallest absolute Gasteiger partial charge is 0.250 e. The van der Waals surface area contributed by atoms with Crippen molar-refractivity contribution >= 4 is 35.2 Å². The maximum Gasteiger partial charge on any atom is 0.250 e. The van der Waals surface area contributed by atoms with Gasteiger partial charge in [0.2, 0.25) is 11.8 Å². The van der Waals surface area contributed by atoms with Crippen LogP contribution in [-0.4, -0.2) is 59.0 Å². The first-order chi connectivity index (χ1) is 15.6. The predicted molar refractivity (Wildman–Crippen MR) is 124 cm³/mol. The van der Waals surface area contributed by atoms with Gasteiger partial charge in [-0.25, -0.2) is 0 Å². The summed E-state index contributed by atoms with van der Waals surface area (Å²) in [6.07, 6.45) is 3.90. The molecule has 0 aliphatic carbocycles. The Hall–Kier alpha value is -2.80. The molecule has 0 saturated carbocycles. The maximum absolute atomic E-state index is 13.5. The van der Waals surface area contributed by atoms with Gasteiger partial charge in [0, 0.05) is 31.1 Å². The van der Waals surface area contributed by atoms with Gasteiger partial charge in [-0.3, -0.25) is 14.4 Å². The second-order valence-corrected chi connectivity index (χ2v) is 9.76. The third-order valence-corrected chi connectivity index (χ3v) is 7.80. The lowest BCUT2D eigenvalue weighted by atomic mass is 10.00. The third-order valence-electron chi connectivity index (χ3n) is 6.56. The topological polar surface area (TPSA) is 60.9 Å². The Bertz CT molecular complexity index is 1050. The van der Waals surface area contributed by atoms with Crippen molar-refractivity contribution in [3.63, 3.8) is 0 Å². The van der Waals surface area contributed by atoms with Gasteiger partial charge >= 0.3 is 0 Å². The van der Waals surface area contributed by atoms with Crippen molar-refractivity contribution in [2.45, 2.75) is 42.4 Å². The molecule has 3 amide bonds. The second kappa shape index (κ2) is 8.98. The Balaban J connectivity index is 1.36. The van der Waals surface area contributed by atoms with E-state index in [9.17, 15) is 14.4 Å². The van der Waals surface area contributed by atoms with Gasteiger partial charge in [0.1, 0.15) is 6.54 Å². The van der Waals surface area contributed by atoms with Crippen LogP contribution >= 0.6 is 11.8 Å². The van der Waals surface area contributed by atoms with E-state index in [1.807, 2.05) is 46.2 Å². The van der Waals surface area contributed by atoms with E-state index in [2.05, 4.69) is 12.1 Å². The molecule has 0 bridgehead atoms. The lowest BCUT2D eigenvalue weighted by Gasteiger charge is -2.37. The SMILES string of the molecule is O=C(CN1C(=O)C(C(=O)N2CCCCC2)Sc2ccccc21)N1CCc2ccccc2C1. The Kier molecular flexibility index (Phi) is 5.91. The minimum absolute atomic E-state index is 0.0393. The number of amides is 3. The van der Waals surface area contributed by atoms with Crippen molar-refractivity contribution in [3.05, 3.63) is 59.7 Å². The van der Waals surface area contributed by atoms with Crippen LogP contribution in [0.3, 0.4) is 0 Å². The first kappa shape index (κ1) is 21.1. The van der Waals surface area contributed by atoms with Crippen molar-refractivity contribution < 1.29 is 14.4 Å². The molecule has 0 aromatic heterocycles. The monoisotopic (exact) mass is 449 g/mol. The zero-order chi connectivity index (χ0) is 22.1. The molecule has 32 heavy (non-hydrogen) atoms. The van der Waals surface area contributed by atoms with Crippen LogP contribution in [0.5, 0.6) is 0 Å². The molecule has 2 aromatic carbocycles. The number of carbonyl (C=O) groups is 3. The number of nitrogens with zero attached hydrogens (tertiary/aromatic N) is 3. The summed E-state index contributed by atoms with van der Waals surface area (Å²) in [6, 6.07) is 15.7. The number of carbonyl (C=O) groups excluding carboxylic acids is 3. The molecule has 3 aliphatic heterocycles. The zero-order valence-electron chi connectivity index (χ0n) is 18.0. The molecule has 0 radical (unpaired) electrons. The van der Waals surface area contributed by atoms with Crippen LogP contribution in [0.25, 0.3) is 0 Å². The number of hydrogen-bond acceptors (Lipinski definition) is 4. The van der Waals surface area contributed by atoms with E-state index in [1.54, 1.807) is 0 Å². The van der Waals surface area contributed by atoms with Gasteiger partial charge in [-0.1, -0.05) is 36.4 Å². The summed E-state index contributed by atoms with van der Waals surface area (Å²) in [6.45, 7) is 2.57. The number of fused-ring (bicyclic) bond motifs is 2. The van der Waals surface area contributed by atoms with E-state index in [0.29, 0.717) is 26.2 Å². The van der Waals surface area contributed by atoms with Crippen LogP contribution in [0.15, 0.2) is 53.4 Å². The number of thioether (sulfide) groups is 1. The van der Waals surface area contributed by atoms with E-state index >= 15 is 0 Å². The van der Waals surface area contributed by atoms with E-state index in [1.165, 1.54) is 22.2 Å². The lowest BCUT2D eigenvalue weighted by Crippen LogP contribution is -2.53. The Labute approximate surface area is 192 Å². The summed E-state index contributed by atoms with van der Waals surface area (Å²) in [5.74, 6) is -0.493. The highest BCUT2D eigenvalue weighted by Gasteiger charge is 2.41. The fraction of sp³-hybridized carbons (Fsp3) is 0.400. The van der Waals surface area contributed by atoms with Crippen molar-refractivity contribution in [2.75, 3.05) is 31.1 Å². The highest BCUT2D eigenvalue weighted by atomic mass is 32.2. The molecule has 7 heteroatoms. The van der Waals surface area contributed by atoms with Gasteiger partial charge in [-0.15, -0.1) is 11.8 Å². The molecule has 1 fully saturated rings. The van der Waals surface area contributed by atoms with Gasteiger partial charge in [-0.2, -0.15) is 0 Å². The average molecular weight is 450 g/mol. The Morgan fingerprint density at radius 3 is 2.41 bits per heavy atom. The first-order valence-electron chi connectivity index (χ1n) is 11.3. The minimum atomic E-state index is -0.821. The standard InChI is InChI=1S/C25H27N3O3S/c29-22(27-15-12-18-8-2-3-9-19(18)16-27)17-28-20-10-4-5-11-21(20)32-23(25(28)31)24(30)26-13-6-1-7-14-26/h2-5,8-11,23H,1,6-7,12-17H2. The third kappa shape index (κ3) is 4.01. The van der Waals surface area contributed by atoms with Gasteiger partial charge in [-0.05, 0) is 48.9 Å². The Morgan fingerprint density at radius 1 is 0.875 bits per heavy atom. The summed E-state index contributed by atoms with van der Waals surface area (Å²) in [7, 11) is 0. The molecule has 6 nitrogen and oxygen atoms in total. The van der Waals surface area contributed by atoms with Gasteiger partial charge in [0.05, 0.1) is 5.69 Å². The van der Waals surface area contributed by atoms with Crippen molar-refractivity contribution in [1.82, 2.24) is 9.80 Å². The van der Waals surface area contributed by atoms with Gasteiger partial charge < -0.3 is 14.7 Å². The molecular weight excluding hydrogens is 422 g/mol. The number of rotatable bonds is 3. The van der Waals surface area contributed by atoms with E-state index in [0.717, 1.165) is 41.8 Å². The summed E-state index contributed by atoms with van der Waals surface area (Å²) in [4.78, 5) is 46.0. The van der Waals surface area contributed by atoms with E-state index in [-0.39, 0.29) is 24.3 Å². The van der Waals surface area contributed by atoms with Crippen LogP contribution in [0.2, 0.25) is 0 Å². The number of benzene rings is 2. The van der Waals surface area contributed by atoms with Crippen molar-refractivity contribution in [1.29, 1.82) is 0 Å². The molecule has 2 aromatic rings.